The molecule has 2 heterocycles. The molecule has 1 N–H and O–H groups in total. The van der Waals surface area contributed by atoms with Gasteiger partial charge in [0.15, 0.2) is 0 Å². The number of nitrogens with one attached hydrogen (secondary N) is 1. The Morgan fingerprint density at radius 2 is 2.00 bits per heavy atom. The average molecular weight is 292 g/mol. The minimum absolute atomic E-state index is 0.517. The quantitative estimate of drug-likeness (QED) is 0.837. The van der Waals surface area contributed by atoms with Gasteiger partial charge in [0, 0.05) is 38.4 Å². The first-order valence-corrected chi connectivity index (χ1v) is 8.16. The first-order valence-electron chi connectivity index (χ1n) is 8.16. The van der Waals surface area contributed by atoms with Crippen LogP contribution < -0.4 is 10.2 Å². The zero-order valence-corrected chi connectivity index (χ0v) is 13.6. The summed E-state index contributed by atoms with van der Waals surface area (Å²) in [5.41, 5.74) is 1.25. The highest BCUT2D eigenvalue weighted by molar-refractivity contribution is 5.59. The lowest BCUT2D eigenvalue weighted by atomic mass is 10.1. The highest BCUT2D eigenvalue weighted by atomic mass is 16.5. The largest absolute Gasteiger partial charge is 0.381 e. The first-order chi connectivity index (χ1) is 10.3. The van der Waals surface area contributed by atoms with Crippen molar-refractivity contribution in [2.45, 2.75) is 52.0 Å². The van der Waals surface area contributed by atoms with Crippen LogP contribution in [0.2, 0.25) is 0 Å². The van der Waals surface area contributed by atoms with E-state index in [1.807, 2.05) is 0 Å². The van der Waals surface area contributed by atoms with Crippen molar-refractivity contribution in [3.63, 3.8) is 0 Å². The molecule has 0 atom stereocenters. The van der Waals surface area contributed by atoms with Crippen LogP contribution in [0.1, 0.15) is 45.1 Å². The number of rotatable bonds is 7. The number of hydrogen-bond acceptors (Lipinski definition) is 5. The third-order valence-electron chi connectivity index (χ3n) is 4.04. The summed E-state index contributed by atoms with van der Waals surface area (Å²) < 4.78 is 5.47. The molecule has 5 heteroatoms. The van der Waals surface area contributed by atoms with E-state index in [2.05, 4.69) is 41.1 Å². The van der Waals surface area contributed by atoms with Gasteiger partial charge in [0.25, 0.3) is 0 Å². The number of aromatic nitrogens is 2. The molecule has 1 fully saturated rings. The van der Waals surface area contributed by atoms with Crippen molar-refractivity contribution in [3.8, 4) is 0 Å². The van der Waals surface area contributed by atoms with Crippen LogP contribution in [-0.4, -0.2) is 42.8 Å². The third kappa shape index (κ3) is 4.06. The summed E-state index contributed by atoms with van der Waals surface area (Å²) >= 11 is 0. The molecule has 118 valence electrons. The SMILES string of the molecule is CCCNc1ncnc(N(C)C2CCOCC2)c1CCC. The van der Waals surface area contributed by atoms with Crippen LogP contribution in [0.15, 0.2) is 6.33 Å². The van der Waals surface area contributed by atoms with E-state index in [9.17, 15) is 0 Å². The predicted molar refractivity (Wildman–Crippen MR) is 87.1 cm³/mol. The summed E-state index contributed by atoms with van der Waals surface area (Å²) in [6.07, 6.45) is 7.04. The van der Waals surface area contributed by atoms with Crippen molar-refractivity contribution < 1.29 is 4.74 Å². The van der Waals surface area contributed by atoms with Gasteiger partial charge in [-0.3, -0.25) is 0 Å². The Labute approximate surface area is 128 Å². The lowest BCUT2D eigenvalue weighted by molar-refractivity contribution is 0.0853. The van der Waals surface area contributed by atoms with Crippen LogP contribution >= 0.6 is 0 Å². The van der Waals surface area contributed by atoms with Crippen molar-refractivity contribution in [1.29, 1.82) is 0 Å². The Bertz CT molecular complexity index is 432. The van der Waals surface area contributed by atoms with Gasteiger partial charge < -0.3 is 15.0 Å². The van der Waals surface area contributed by atoms with Crippen LogP contribution in [0, 0.1) is 0 Å². The van der Waals surface area contributed by atoms with E-state index >= 15 is 0 Å². The van der Waals surface area contributed by atoms with Crippen LogP contribution in [0.5, 0.6) is 0 Å². The Hall–Kier alpha value is -1.36. The standard InChI is InChI=1S/C16H28N4O/c1-4-6-14-15(17-9-5-2)18-12-19-16(14)20(3)13-7-10-21-11-8-13/h12-13H,4-11H2,1-3H3,(H,17,18,19). The predicted octanol–water partition coefficient (Wildman–Crippen LogP) is 2.87. The maximum atomic E-state index is 5.47. The number of nitrogens with zero attached hydrogens (tertiary/aromatic N) is 3. The molecule has 0 spiro atoms. The third-order valence-corrected chi connectivity index (χ3v) is 4.04. The van der Waals surface area contributed by atoms with Gasteiger partial charge in [0.2, 0.25) is 0 Å². The second-order valence-corrected chi connectivity index (χ2v) is 5.66. The molecule has 0 bridgehead atoms. The highest BCUT2D eigenvalue weighted by Crippen LogP contribution is 2.27. The van der Waals surface area contributed by atoms with E-state index in [4.69, 9.17) is 4.74 Å². The van der Waals surface area contributed by atoms with Crippen molar-refractivity contribution >= 4 is 11.6 Å². The molecule has 1 aliphatic heterocycles. The molecule has 0 amide bonds. The molecule has 5 nitrogen and oxygen atoms in total. The van der Waals surface area contributed by atoms with Crippen LogP contribution in [0.3, 0.4) is 0 Å². The van der Waals surface area contributed by atoms with Crippen LogP contribution in [-0.2, 0) is 11.2 Å². The number of anilines is 2. The molecule has 1 aromatic heterocycles. The highest BCUT2D eigenvalue weighted by Gasteiger charge is 2.22. The minimum Gasteiger partial charge on any atom is -0.381 e. The monoisotopic (exact) mass is 292 g/mol. The summed E-state index contributed by atoms with van der Waals surface area (Å²) in [5.74, 6) is 2.08. The molecule has 0 radical (unpaired) electrons. The van der Waals surface area contributed by atoms with E-state index in [0.717, 1.165) is 63.5 Å². The Kier molecular flexibility index (Phi) is 6.23. The smallest absolute Gasteiger partial charge is 0.137 e. The summed E-state index contributed by atoms with van der Waals surface area (Å²) in [5, 5.41) is 3.44. The average Bonchev–Trinajstić information content (AvgIpc) is 2.54. The van der Waals surface area contributed by atoms with Crippen molar-refractivity contribution in [3.05, 3.63) is 11.9 Å². The van der Waals surface area contributed by atoms with Gasteiger partial charge in [-0.2, -0.15) is 0 Å². The summed E-state index contributed by atoms with van der Waals surface area (Å²) in [4.78, 5) is 11.4. The lowest BCUT2D eigenvalue weighted by Gasteiger charge is -2.33. The molecular formula is C16H28N4O. The molecule has 0 saturated carbocycles. The van der Waals surface area contributed by atoms with Gasteiger partial charge in [0.1, 0.15) is 18.0 Å². The van der Waals surface area contributed by atoms with Crippen molar-refractivity contribution in [2.75, 3.05) is 37.0 Å². The fourth-order valence-corrected chi connectivity index (χ4v) is 2.83. The molecule has 0 unspecified atom stereocenters. The molecular weight excluding hydrogens is 264 g/mol. The molecule has 1 aromatic rings. The second-order valence-electron chi connectivity index (χ2n) is 5.66. The van der Waals surface area contributed by atoms with E-state index in [0.29, 0.717) is 6.04 Å². The maximum absolute atomic E-state index is 5.47. The Morgan fingerprint density at radius 3 is 2.67 bits per heavy atom. The zero-order chi connectivity index (χ0) is 15.1. The van der Waals surface area contributed by atoms with Gasteiger partial charge in [-0.1, -0.05) is 20.3 Å². The van der Waals surface area contributed by atoms with Gasteiger partial charge in [-0.25, -0.2) is 9.97 Å². The molecule has 21 heavy (non-hydrogen) atoms. The fourth-order valence-electron chi connectivity index (χ4n) is 2.83. The lowest BCUT2D eigenvalue weighted by Crippen LogP contribution is -2.37. The van der Waals surface area contributed by atoms with E-state index in [1.54, 1.807) is 6.33 Å². The summed E-state index contributed by atoms with van der Waals surface area (Å²) in [6.45, 7) is 7.03. The van der Waals surface area contributed by atoms with Crippen LogP contribution in [0.4, 0.5) is 11.6 Å². The molecule has 0 aromatic carbocycles. The number of ether oxygens (including phenoxy) is 1. The topological polar surface area (TPSA) is 50.3 Å². The normalized spacial score (nSPS) is 16.0. The maximum Gasteiger partial charge on any atom is 0.137 e. The molecule has 0 aliphatic carbocycles. The first kappa shape index (κ1) is 16.0. The Morgan fingerprint density at radius 1 is 1.24 bits per heavy atom. The van der Waals surface area contributed by atoms with E-state index < -0.39 is 0 Å². The summed E-state index contributed by atoms with van der Waals surface area (Å²) in [7, 11) is 2.15. The van der Waals surface area contributed by atoms with Crippen LogP contribution in [0.25, 0.3) is 0 Å². The minimum atomic E-state index is 0.517. The van der Waals surface area contributed by atoms with Crippen molar-refractivity contribution in [2.24, 2.45) is 0 Å². The summed E-state index contributed by atoms with van der Waals surface area (Å²) in [6, 6.07) is 0.517. The molecule has 1 aliphatic rings. The second kappa shape index (κ2) is 8.17. The molecule has 2 rings (SSSR count). The fraction of sp³-hybridized carbons (Fsp3) is 0.750. The van der Waals surface area contributed by atoms with Gasteiger partial charge in [-0.05, 0) is 25.7 Å². The Balaban J connectivity index is 2.23. The van der Waals surface area contributed by atoms with Crippen molar-refractivity contribution in [1.82, 2.24) is 9.97 Å². The number of hydrogen-bond donors (Lipinski definition) is 1. The van der Waals surface area contributed by atoms with Gasteiger partial charge >= 0.3 is 0 Å². The molecule has 1 saturated heterocycles. The van der Waals surface area contributed by atoms with E-state index in [-0.39, 0.29) is 0 Å². The van der Waals surface area contributed by atoms with Gasteiger partial charge in [0.05, 0.1) is 0 Å². The zero-order valence-electron chi connectivity index (χ0n) is 13.6. The van der Waals surface area contributed by atoms with E-state index in [1.165, 1.54) is 5.56 Å². The van der Waals surface area contributed by atoms with Gasteiger partial charge in [-0.15, -0.1) is 0 Å².